The number of fused-ring (bicyclic) bond motifs is 4. The van der Waals surface area contributed by atoms with Gasteiger partial charge >= 0.3 is 12.0 Å². The molecule has 3 aliphatic rings. The van der Waals surface area contributed by atoms with Crippen molar-refractivity contribution in [2.24, 2.45) is 11.8 Å². The highest BCUT2D eigenvalue weighted by Crippen LogP contribution is 2.55. The maximum atomic E-state index is 13.9. The van der Waals surface area contributed by atoms with Gasteiger partial charge in [0.25, 0.3) is 5.91 Å². The molecule has 3 amide bonds. The monoisotopic (exact) mass is 701 g/mol. The molecule has 2 aliphatic heterocycles. The summed E-state index contributed by atoms with van der Waals surface area (Å²) < 4.78 is 34.1. The molecule has 12 nitrogen and oxygen atoms in total. The van der Waals surface area contributed by atoms with E-state index in [0.717, 1.165) is 27.5 Å². The maximum absolute atomic E-state index is 13.9. The normalized spacial score (nSPS) is 19.6. The van der Waals surface area contributed by atoms with Crippen LogP contribution < -0.4 is 39.6 Å². The number of amides is 3. The first-order valence-electron chi connectivity index (χ1n) is 16.7. The van der Waals surface area contributed by atoms with Crippen molar-refractivity contribution in [1.82, 2.24) is 5.32 Å². The Bertz CT molecular complexity index is 2190. The van der Waals surface area contributed by atoms with E-state index in [-0.39, 0.29) is 25.3 Å². The standard InChI is InChI=1S/C40H35N3O9/c1-47-32-15-23(16-33(48-2)37(32)49-3)34-26-17-30-31(52-20-51-30)18-27(26)36(28-19-50-39(45)35(28)34)43-38(44)22-11-13-24(14-12-22)41-40(46)42-29-10-6-8-21-7-4-5-9-25(21)29/h4-18,28,34-36H,19-20H2,1-3H3,(H,43,44)(H2,41,42,46)/t28-,34+,35-,36+/m0/s1. The number of nitrogens with one attached hydrogen (secondary N) is 3. The number of anilines is 2. The Morgan fingerprint density at radius 1 is 0.750 bits per heavy atom. The summed E-state index contributed by atoms with van der Waals surface area (Å²) >= 11 is 0. The number of carbonyl (C=O) groups is 3. The average molecular weight is 702 g/mol. The lowest BCUT2D eigenvalue weighted by molar-refractivity contribution is -0.141. The quantitative estimate of drug-likeness (QED) is 0.152. The summed E-state index contributed by atoms with van der Waals surface area (Å²) in [5, 5.41) is 10.9. The Morgan fingerprint density at radius 3 is 2.15 bits per heavy atom. The first kappa shape index (κ1) is 32.8. The Hall–Kier alpha value is -6.43. The topological polar surface area (TPSA) is 143 Å². The van der Waals surface area contributed by atoms with E-state index >= 15 is 0 Å². The molecule has 3 N–H and O–H groups in total. The Balaban J connectivity index is 1.08. The minimum atomic E-state index is -0.646. The van der Waals surface area contributed by atoms with Crippen LogP contribution in [0.5, 0.6) is 28.7 Å². The van der Waals surface area contributed by atoms with Crippen molar-refractivity contribution >= 4 is 40.1 Å². The smallest absolute Gasteiger partial charge is 0.323 e. The molecule has 2 heterocycles. The molecule has 5 aromatic carbocycles. The van der Waals surface area contributed by atoms with Crippen LogP contribution in [0.15, 0.2) is 91.0 Å². The van der Waals surface area contributed by atoms with Gasteiger partial charge in [-0.25, -0.2) is 4.79 Å². The SMILES string of the molecule is COc1cc([C@@H]2c3cc4c(cc3[C@@H](NC(=O)c3ccc(NC(=O)Nc5cccc6ccccc56)cc3)[C@H]3COC(=O)[C@H]23)OCO4)cc(OC)c1OC. The van der Waals surface area contributed by atoms with Gasteiger partial charge in [0.2, 0.25) is 12.5 Å². The second kappa shape index (κ2) is 13.4. The molecule has 1 fully saturated rings. The predicted octanol–water partition coefficient (Wildman–Crippen LogP) is 6.64. The number of methoxy groups -OCH3 is 3. The van der Waals surface area contributed by atoms with E-state index in [1.807, 2.05) is 66.7 Å². The summed E-state index contributed by atoms with van der Waals surface area (Å²) in [6.07, 6.45) is 0. The number of carbonyl (C=O) groups excluding carboxylic acids is 3. The van der Waals surface area contributed by atoms with Crippen LogP contribution in [0.3, 0.4) is 0 Å². The fraction of sp³-hybridized carbons (Fsp3) is 0.225. The molecule has 52 heavy (non-hydrogen) atoms. The van der Waals surface area contributed by atoms with Crippen LogP contribution in [-0.2, 0) is 9.53 Å². The van der Waals surface area contributed by atoms with Gasteiger partial charge in [0.05, 0.1) is 45.6 Å². The van der Waals surface area contributed by atoms with Gasteiger partial charge in [-0.05, 0) is 76.7 Å². The van der Waals surface area contributed by atoms with E-state index < -0.39 is 29.8 Å². The third-order valence-corrected chi connectivity index (χ3v) is 9.96. The summed E-state index contributed by atoms with van der Waals surface area (Å²) in [4.78, 5) is 40.3. The molecular weight excluding hydrogens is 666 g/mol. The molecule has 1 aliphatic carbocycles. The lowest BCUT2D eigenvalue weighted by atomic mass is 9.65. The summed E-state index contributed by atoms with van der Waals surface area (Å²) in [6, 6.07) is 26.5. The number of urea groups is 1. The molecule has 5 aromatic rings. The second-order valence-electron chi connectivity index (χ2n) is 12.7. The zero-order chi connectivity index (χ0) is 35.9. The van der Waals surface area contributed by atoms with Crippen molar-refractivity contribution in [3.8, 4) is 28.7 Å². The van der Waals surface area contributed by atoms with Crippen molar-refractivity contribution in [1.29, 1.82) is 0 Å². The highest BCUT2D eigenvalue weighted by molar-refractivity contribution is 6.06. The Labute approximate surface area is 298 Å². The molecule has 0 unspecified atom stereocenters. The van der Waals surface area contributed by atoms with Crippen LogP contribution in [0, 0.1) is 11.8 Å². The van der Waals surface area contributed by atoms with E-state index in [0.29, 0.717) is 45.7 Å². The van der Waals surface area contributed by atoms with E-state index in [9.17, 15) is 14.4 Å². The largest absolute Gasteiger partial charge is 0.493 e. The third kappa shape index (κ3) is 5.71. The van der Waals surface area contributed by atoms with Gasteiger partial charge < -0.3 is 44.4 Å². The second-order valence-corrected chi connectivity index (χ2v) is 12.7. The number of hydrogen-bond donors (Lipinski definition) is 3. The Kier molecular flexibility index (Phi) is 8.42. The molecule has 0 spiro atoms. The predicted molar refractivity (Wildman–Crippen MR) is 192 cm³/mol. The molecule has 4 atom stereocenters. The van der Waals surface area contributed by atoms with Gasteiger partial charge in [-0.2, -0.15) is 0 Å². The van der Waals surface area contributed by atoms with Crippen molar-refractivity contribution in [2.75, 3.05) is 45.4 Å². The van der Waals surface area contributed by atoms with Gasteiger partial charge in [0.15, 0.2) is 23.0 Å². The van der Waals surface area contributed by atoms with Crippen LogP contribution in [0.2, 0.25) is 0 Å². The number of hydrogen-bond acceptors (Lipinski definition) is 9. The lowest BCUT2D eigenvalue weighted by Crippen LogP contribution is -2.42. The van der Waals surface area contributed by atoms with E-state index in [1.165, 1.54) is 21.3 Å². The summed E-state index contributed by atoms with van der Waals surface area (Å²) in [5.41, 5.74) is 3.87. The average Bonchev–Trinajstić information content (AvgIpc) is 3.79. The van der Waals surface area contributed by atoms with Gasteiger partial charge in [0, 0.05) is 28.5 Å². The van der Waals surface area contributed by atoms with E-state index in [2.05, 4.69) is 16.0 Å². The van der Waals surface area contributed by atoms with Crippen LogP contribution in [0.25, 0.3) is 10.8 Å². The number of rotatable bonds is 8. The van der Waals surface area contributed by atoms with Gasteiger partial charge in [-0.15, -0.1) is 0 Å². The molecule has 264 valence electrons. The number of benzene rings is 5. The van der Waals surface area contributed by atoms with Crippen molar-refractivity contribution < 1.29 is 42.8 Å². The van der Waals surface area contributed by atoms with E-state index in [1.54, 1.807) is 24.3 Å². The highest BCUT2D eigenvalue weighted by Gasteiger charge is 2.53. The molecule has 12 heteroatoms. The first-order chi connectivity index (χ1) is 25.4. The van der Waals surface area contributed by atoms with Gasteiger partial charge in [-0.3, -0.25) is 9.59 Å². The molecular formula is C40H35N3O9. The van der Waals surface area contributed by atoms with Gasteiger partial charge in [0.1, 0.15) is 0 Å². The minimum absolute atomic E-state index is 0.0549. The fourth-order valence-corrected chi connectivity index (χ4v) is 7.58. The first-order valence-corrected chi connectivity index (χ1v) is 16.7. The zero-order valence-electron chi connectivity index (χ0n) is 28.6. The minimum Gasteiger partial charge on any atom is -0.493 e. The van der Waals surface area contributed by atoms with E-state index in [4.69, 9.17) is 28.4 Å². The van der Waals surface area contributed by atoms with Crippen molar-refractivity contribution in [3.63, 3.8) is 0 Å². The van der Waals surface area contributed by atoms with Crippen LogP contribution in [0.1, 0.15) is 39.0 Å². The zero-order valence-corrected chi connectivity index (χ0v) is 28.6. The summed E-state index contributed by atoms with van der Waals surface area (Å²) in [5.74, 6) is 0.131. The fourth-order valence-electron chi connectivity index (χ4n) is 7.58. The molecule has 0 radical (unpaired) electrons. The molecule has 0 aromatic heterocycles. The summed E-state index contributed by atoms with van der Waals surface area (Å²) in [6.45, 7) is 0.164. The van der Waals surface area contributed by atoms with Crippen LogP contribution in [-0.4, -0.2) is 52.6 Å². The van der Waals surface area contributed by atoms with Crippen LogP contribution in [0.4, 0.5) is 16.2 Å². The number of esters is 1. The van der Waals surface area contributed by atoms with Gasteiger partial charge in [-0.1, -0.05) is 36.4 Å². The lowest BCUT2D eigenvalue weighted by Gasteiger charge is -2.39. The molecule has 0 saturated carbocycles. The maximum Gasteiger partial charge on any atom is 0.323 e. The number of cyclic esters (lactones) is 1. The molecule has 0 bridgehead atoms. The highest BCUT2D eigenvalue weighted by atomic mass is 16.7. The number of ether oxygens (including phenoxy) is 6. The Morgan fingerprint density at radius 2 is 1.44 bits per heavy atom. The van der Waals surface area contributed by atoms with Crippen LogP contribution >= 0.6 is 0 Å². The third-order valence-electron chi connectivity index (χ3n) is 9.96. The summed E-state index contributed by atoms with van der Waals surface area (Å²) in [7, 11) is 4.61. The molecule has 1 saturated heterocycles. The molecule has 8 rings (SSSR count). The van der Waals surface area contributed by atoms with Crippen molar-refractivity contribution in [2.45, 2.75) is 12.0 Å². The van der Waals surface area contributed by atoms with Crippen molar-refractivity contribution in [3.05, 3.63) is 113 Å².